The molecule has 2 unspecified atom stereocenters. The summed E-state index contributed by atoms with van der Waals surface area (Å²) in [5, 5.41) is 7.14. The van der Waals surface area contributed by atoms with Crippen molar-refractivity contribution in [2.24, 2.45) is 0 Å². The summed E-state index contributed by atoms with van der Waals surface area (Å²) in [6.45, 7) is 4.41. The van der Waals surface area contributed by atoms with Gasteiger partial charge in [-0.05, 0) is 90.0 Å². The Hall–Kier alpha value is -0.840. The first-order valence-corrected chi connectivity index (χ1v) is 10.7. The summed E-state index contributed by atoms with van der Waals surface area (Å²) in [7, 11) is 0. The normalized spacial score (nSPS) is 25.8. The first-order valence-electron chi connectivity index (χ1n) is 9.14. The number of benzene rings is 1. The molecule has 2 aliphatic heterocycles. The van der Waals surface area contributed by atoms with Crippen LogP contribution in [0.15, 0.2) is 50.6 Å². The lowest BCUT2D eigenvalue weighted by Gasteiger charge is -2.31. The molecule has 0 aromatic heterocycles. The number of nitrogens with one attached hydrogen (secondary N) is 2. The second kappa shape index (κ2) is 7.42. The minimum absolute atomic E-state index is 0.361. The summed E-state index contributed by atoms with van der Waals surface area (Å²) in [6, 6.07) is 4.98. The lowest BCUT2D eigenvalue weighted by Crippen LogP contribution is -2.34. The Morgan fingerprint density at radius 2 is 1.88 bits per heavy atom. The number of hydrogen-bond acceptors (Lipinski definition) is 2. The molecular formula is C21H24Br2N2. The van der Waals surface area contributed by atoms with Gasteiger partial charge in [0.25, 0.3) is 0 Å². The molecule has 1 aromatic carbocycles. The number of hydrogen-bond donors (Lipinski definition) is 2. The third-order valence-corrected chi connectivity index (χ3v) is 7.20. The van der Waals surface area contributed by atoms with Gasteiger partial charge in [-0.3, -0.25) is 0 Å². The summed E-state index contributed by atoms with van der Waals surface area (Å²) in [4.78, 5) is 0. The van der Waals surface area contributed by atoms with E-state index in [-0.39, 0.29) is 0 Å². The van der Waals surface area contributed by atoms with E-state index in [9.17, 15) is 0 Å². The van der Waals surface area contributed by atoms with Crippen LogP contribution in [-0.4, -0.2) is 19.1 Å². The van der Waals surface area contributed by atoms with E-state index in [4.69, 9.17) is 0 Å². The summed E-state index contributed by atoms with van der Waals surface area (Å²) in [5.41, 5.74) is 7.41. The van der Waals surface area contributed by atoms with Crippen molar-refractivity contribution in [3.63, 3.8) is 0 Å². The van der Waals surface area contributed by atoms with Gasteiger partial charge in [-0.25, -0.2) is 0 Å². The number of piperidine rings is 1. The summed E-state index contributed by atoms with van der Waals surface area (Å²) >= 11 is 7.52. The molecule has 0 spiro atoms. The zero-order chi connectivity index (χ0) is 17.4. The van der Waals surface area contributed by atoms with Crippen molar-refractivity contribution < 1.29 is 0 Å². The van der Waals surface area contributed by atoms with E-state index in [1.807, 2.05) is 0 Å². The Labute approximate surface area is 167 Å². The number of aryl methyl sites for hydroxylation is 1. The molecule has 2 heterocycles. The summed E-state index contributed by atoms with van der Waals surface area (Å²) in [6.07, 6.45) is 11.5. The molecule has 132 valence electrons. The molecule has 2 nitrogen and oxygen atoms in total. The van der Waals surface area contributed by atoms with E-state index in [0.717, 1.165) is 30.4 Å². The predicted octanol–water partition coefficient (Wildman–Crippen LogP) is 5.23. The zero-order valence-electron chi connectivity index (χ0n) is 14.5. The van der Waals surface area contributed by atoms with E-state index in [0.29, 0.717) is 12.0 Å². The fraction of sp³-hybridized carbons (Fsp3) is 0.429. The van der Waals surface area contributed by atoms with Crippen molar-refractivity contribution in [2.45, 2.75) is 44.6 Å². The van der Waals surface area contributed by atoms with E-state index in [1.54, 1.807) is 5.57 Å². The number of fused-ring (bicyclic) bond motifs is 2. The fourth-order valence-electron chi connectivity index (χ4n) is 4.27. The van der Waals surface area contributed by atoms with Gasteiger partial charge in [0.15, 0.2) is 0 Å². The second-order valence-corrected chi connectivity index (χ2v) is 8.97. The van der Waals surface area contributed by atoms with Gasteiger partial charge >= 0.3 is 0 Å². The first kappa shape index (κ1) is 17.6. The van der Waals surface area contributed by atoms with Gasteiger partial charge in [0.1, 0.15) is 0 Å². The Kier molecular flexibility index (Phi) is 5.21. The van der Waals surface area contributed by atoms with Crippen molar-refractivity contribution in [1.29, 1.82) is 0 Å². The van der Waals surface area contributed by atoms with Gasteiger partial charge in [0, 0.05) is 21.1 Å². The molecule has 0 amide bonds. The average molecular weight is 464 g/mol. The number of rotatable bonds is 1. The largest absolute Gasteiger partial charge is 0.383 e. The Bertz CT molecular complexity index is 768. The van der Waals surface area contributed by atoms with E-state index in [1.165, 1.54) is 39.6 Å². The van der Waals surface area contributed by atoms with E-state index >= 15 is 0 Å². The molecule has 4 rings (SSSR count). The van der Waals surface area contributed by atoms with Crippen molar-refractivity contribution in [3.8, 4) is 0 Å². The molecule has 1 aliphatic carbocycles. The van der Waals surface area contributed by atoms with Gasteiger partial charge in [-0.2, -0.15) is 0 Å². The Morgan fingerprint density at radius 3 is 2.68 bits per heavy atom. The molecule has 25 heavy (non-hydrogen) atoms. The maximum absolute atomic E-state index is 3.87. The van der Waals surface area contributed by atoms with Gasteiger partial charge in [-0.1, -0.05) is 39.7 Å². The van der Waals surface area contributed by atoms with Crippen LogP contribution in [0.25, 0.3) is 0 Å². The third-order valence-electron chi connectivity index (χ3n) is 5.64. The lowest BCUT2D eigenvalue weighted by atomic mass is 9.83. The Balaban J connectivity index is 1.81. The molecule has 0 bridgehead atoms. The minimum Gasteiger partial charge on any atom is -0.383 e. The van der Waals surface area contributed by atoms with Crippen LogP contribution in [0, 0.1) is 6.92 Å². The Morgan fingerprint density at radius 1 is 1.08 bits per heavy atom. The maximum atomic E-state index is 3.87. The SMILES string of the molecule is Cc1ccc2c(c1Br)CCC1=CC(Br)=CNC1C2C=C1CCNCC1. The van der Waals surface area contributed by atoms with Gasteiger partial charge in [-0.15, -0.1) is 0 Å². The highest BCUT2D eigenvalue weighted by Crippen LogP contribution is 2.41. The van der Waals surface area contributed by atoms with Crippen molar-refractivity contribution in [2.75, 3.05) is 13.1 Å². The van der Waals surface area contributed by atoms with Crippen LogP contribution in [0.3, 0.4) is 0 Å². The maximum Gasteiger partial charge on any atom is 0.0575 e. The van der Waals surface area contributed by atoms with Crippen molar-refractivity contribution in [1.82, 2.24) is 10.6 Å². The molecule has 2 atom stereocenters. The van der Waals surface area contributed by atoms with Crippen LogP contribution in [0.2, 0.25) is 0 Å². The monoisotopic (exact) mass is 462 g/mol. The predicted molar refractivity (Wildman–Crippen MR) is 112 cm³/mol. The third kappa shape index (κ3) is 3.54. The molecule has 2 N–H and O–H groups in total. The van der Waals surface area contributed by atoms with Crippen LogP contribution in [0.4, 0.5) is 0 Å². The molecule has 0 saturated carbocycles. The highest BCUT2D eigenvalue weighted by molar-refractivity contribution is 9.12. The molecule has 1 saturated heterocycles. The van der Waals surface area contributed by atoms with Gasteiger partial charge in [0.05, 0.1) is 6.04 Å². The number of halogens is 2. The average Bonchev–Trinajstić information content (AvgIpc) is 2.77. The van der Waals surface area contributed by atoms with E-state index < -0.39 is 0 Å². The first-order chi connectivity index (χ1) is 12.1. The van der Waals surface area contributed by atoms with Crippen LogP contribution in [0.1, 0.15) is 41.9 Å². The fourth-order valence-corrected chi connectivity index (χ4v) is 5.26. The standard InChI is InChI=1S/C21H24Br2N2/c1-13-2-4-17-18(20(13)23)5-3-15-11-16(22)12-25-21(15)19(17)10-14-6-8-24-9-7-14/h2,4,10-12,19,21,24-25H,3,5-9H2,1H3. The second-order valence-electron chi connectivity index (χ2n) is 7.26. The van der Waals surface area contributed by atoms with Gasteiger partial charge in [0.2, 0.25) is 0 Å². The molecule has 4 heteroatoms. The minimum atomic E-state index is 0.361. The van der Waals surface area contributed by atoms with Crippen LogP contribution < -0.4 is 10.6 Å². The molecule has 3 aliphatic rings. The van der Waals surface area contributed by atoms with Crippen LogP contribution in [-0.2, 0) is 6.42 Å². The molecule has 0 radical (unpaired) electrons. The lowest BCUT2D eigenvalue weighted by molar-refractivity contribution is 0.568. The summed E-state index contributed by atoms with van der Waals surface area (Å²) in [5.74, 6) is 0.394. The van der Waals surface area contributed by atoms with Crippen molar-refractivity contribution in [3.05, 3.63) is 67.3 Å². The zero-order valence-corrected chi connectivity index (χ0v) is 17.7. The smallest absolute Gasteiger partial charge is 0.0575 e. The quantitative estimate of drug-likeness (QED) is 0.557. The van der Waals surface area contributed by atoms with Crippen LogP contribution in [0.5, 0.6) is 0 Å². The highest BCUT2D eigenvalue weighted by Gasteiger charge is 2.32. The molecule has 1 fully saturated rings. The summed E-state index contributed by atoms with van der Waals surface area (Å²) < 4.78 is 2.44. The van der Waals surface area contributed by atoms with Crippen molar-refractivity contribution >= 4 is 31.9 Å². The van der Waals surface area contributed by atoms with Gasteiger partial charge < -0.3 is 10.6 Å². The number of dihydropyridines is 1. The van der Waals surface area contributed by atoms with Crippen LogP contribution >= 0.6 is 31.9 Å². The number of allylic oxidation sites excluding steroid dienone is 2. The molecule has 1 aromatic rings. The highest BCUT2D eigenvalue weighted by atomic mass is 79.9. The molecular weight excluding hydrogens is 440 g/mol. The topological polar surface area (TPSA) is 24.1 Å². The van der Waals surface area contributed by atoms with E-state index in [2.05, 4.69) is 79.9 Å².